The van der Waals surface area contributed by atoms with Crippen molar-refractivity contribution in [2.75, 3.05) is 18.5 Å². The highest BCUT2D eigenvalue weighted by Gasteiger charge is 2.07. The van der Waals surface area contributed by atoms with Crippen LogP contribution in [0.5, 0.6) is 5.75 Å². The molecule has 3 nitrogen and oxygen atoms in total. The monoisotopic (exact) mass is 284 g/mol. The van der Waals surface area contributed by atoms with Gasteiger partial charge in [-0.3, -0.25) is 0 Å². The fourth-order valence-corrected chi connectivity index (χ4v) is 2.21. The van der Waals surface area contributed by atoms with Gasteiger partial charge in [-0.25, -0.2) is 4.98 Å². The second kappa shape index (κ2) is 8.30. The van der Waals surface area contributed by atoms with E-state index in [1.54, 1.807) is 6.20 Å². The largest absolute Gasteiger partial charge is 0.490 e. The average Bonchev–Trinajstić information content (AvgIpc) is 2.54. The topological polar surface area (TPSA) is 34.1 Å². The van der Waals surface area contributed by atoms with Crippen LogP contribution in [0.25, 0.3) is 0 Å². The minimum Gasteiger partial charge on any atom is -0.490 e. The van der Waals surface area contributed by atoms with Crippen molar-refractivity contribution in [3.05, 3.63) is 54.2 Å². The first-order chi connectivity index (χ1) is 10.3. The molecule has 1 atom stereocenters. The molecule has 0 bridgehead atoms. The summed E-state index contributed by atoms with van der Waals surface area (Å²) in [5.41, 5.74) is 1.38. The van der Waals surface area contributed by atoms with Crippen molar-refractivity contribution in [2.45, 2.75) is 32.6 Å². The van der Waals surface area contributed by atoms with Gasteiger partial charge in [0.15, 0.2) is 11.6 Å². The van der Waals surface area contributed by atoms with Crippen LogP contribution in [-0.2, 0) is 0 Å². The number of rotatable bonds is 8. The summed E-state index contributed by atoms with van der Waals surface area (Å²) >= 11 is 0. The molecular weight excluding hydrogens is 260 g/mol. The van der Waals surface area contributed by atoms with Gasteiger partial charge in [0, 0.05) is 12.7 Å². The summed E-state index contributed by atoms with van der Waals surface area (Å²) in [4.78, 5) is 4.37. The zero-order valence-corrected chi connectivity index (χ0v) is 12.9. The van der Waals surface area contributed by atoms with E-state index in [9.17, 15) is 0 Å². The van der Waals surface area contributed by atoms with Crippen LogP contribution in [0.1, 0.15) is 38.2 Å². The molecule has 2 rings (SSSR count). The first-order valence-corrected chi connectivity index (χ1v) is 7.68. The van der Waals surface area contributed by atoms with E-state index in [2.05, 4.69) is 54.5 Å². The Morgan fingerprint density at radius 3 is 2.71 bits per heavy atom. The SMILES string of the molecule is CCCOc1cccnc1NCCC(C)c1ccccc1. The van der Waals surface area contributed by atoms with E-state index in [-0.39, 0.29) is 0 Å². The van der Waals surface area contributed by atoms with E-state index in [4.69, 9.17) is 4.74 Å². The summed E-state index contributed by atoms with van der Waals surface area (Å²) in [6, 6.07) is 14.5. The van der Waals surface area contributed by atoms with E-state index in [0.29, 0.717) is 5.92 Å². The summed E-state index contributed by atoms with van der Waals surface area (Å²) < 4.78 is 5.70. The van der Waals surface area contributed by atoms with Crippen molar-refractivity contribution < 1.29 is 4.74 Å². The van der Waals surface area contributed by atoms with Crippen molar-refractivity contribution in [3.63, 3.8) is 0 Å². The molecule has 1 unspecified atom stereocenters. The van der Waals surface area contributed by atoms with Gasteiger partial charge >= 0.3 is 0 Å². The van der Waals surface area contributed by atoms with Crippen LogP contribution < -0.4 is 10.1 Å². The van der Waals surface area contributed by atoms with Crippen LogP contribution in [0.4, 0.5) is 5.82 Å². The minimum absolute atomic E-state index is 0.530. The molecule has 0 saturated carbocycles. The lowest BCUT2D eigenvalue weighted by Crippen LogP contribution is -2.09. The van der Waals surface area contributed by atoms with Crippen molar-refractivity contribution >= 4 is 5.82 Å². The molecule has 0 saturated heterocycles. The molecule has 0 aliphatic heterocycles. The zero-order chi connectivity index (χ0) is 14.9. The maximum absolute atomic E-state index is 5.70. The van der Waals surface area contributed by atoms with Gasteiger partial charge in [-0.1, -0.05) is 44.2 Å². The van der Waals surface area contributed by atoms with Gasteiger partial charge in [0.2, 0.25) is 0 Å². The van der Waals surface area contributed by atoms with Crippen molar-refractivity contribution in [2.24, 2.45) is 0 Å². The van der Waals surface area contributed by atoms with Crippen molar-refractivity contribution in [1.82, 2.24) is 4.98 Å². The lowest BCUT2D eigenvalue weighted by atomic mass is 9.98. The number of nitrogens with zero attached hydrogens (tertiary/aromatic N) is 1. The highest BCUT2D eigenvalue weighted by atomic mass is 16.5. The Hall–Kier alpha value is -2.03. The molecule has 1 aromatic heterocycles. The average molecular weight is 284 g/mol. The van der Waals surface area contributed by atoms with Gasteiger partial charge in [0.25, 0.3) is 0 Å². The minimum atomic E-state index is 0.530. The standard InChI is InChI=1S/C18H24N2O/c1-3-14-21-17-10-7-12-19-18(17)20-13-11-15(2)16-8-5-4-6-9-16/h4-10,12,15H,3,11,13-14H2,1-2H3,(H,19,20). The highest BCUT2D eigenvalue weighted by Crippen LogP contribution is 2.23. The third-order valence-corrected chi connectivity index (χ3v) is 3.47. The Morgan fingerprint density at radius 1 is 1.14 bits per heavy atom. The summed E-state index contributed by atoms with van der Waals surface area (Å²) in [7, 11) is 0. The van der Waals surface area contributed by atoms with Gasteiger partial charge in [0.1, 0.15) is 0 Å². The normalized spacial score (nSPS) is 11.9. The van der Waals surface area contributed by atoms with Crippen LogP contribution in [-0.4, -0.2) is 18.1 Å². The van der Waals surface area contributed by atoms with Gasteiger partial charge in [-0.15, -0.1) is 0 Å². The summed E-state index contributed by atoms with van der Waals surface area (Å²) in [5.74, 6) is 2.21. The number of hydrogen-bond acceptors (Lipinski definition) is 3. The number of hydrogen-bond donors (Lipinski definition) is 1. The summed E-state index contributed by atoms with van der Waals surface area (Å²) in [6.07, 6.45) is 3.86. The van der Waals surface area contributed by atoms with Gasteiger partial charge in [-0.2, -0.15) is 0 Å². The van der Waals surface area contributed by atoms with Crippen LogP contribution in [0.15, 0.2) is 48.7 Å². The quantitative estimate of drug-likeness (QED) is 0.776. The van der Waals surface area contributed by atoms with Crippen LogP contribution in [0.3, 0.4) is 0 Å². The van der Waals surface area contributed by atoms with E-state index in [1.165, 1.54) is 5.56 Å². The third-order valence-electron chi connectivity index (χ3n) is 3.47. The number of benzene rings is 1. The number of aromatic nitrogens is 1. The van der Waals surface area contributed by atoms with Crippen LogP contribution in [0, 0.1) is 0 Å². The smallest absolute Gasteiger partial charge is 0.168 e. The van der Waals surface area contributed by atoms with E-state index in [1.807, 2.05) is 12.1 Å². The van der Waals surface area contributed by atoms with Gasteiger partial charge < -0.3 is 10.1 Å². The first-order valence-electron chi connectivity index (χ1n) is 7.68. The molecule has 0 aliphatic carbocycles. The fourth-order valence-electron chi connectivity index (χ4n) is 2.21. The Kier molecular flexibility index (Phi) is 6.07. The molecule has 0 radical (unpaired) electrons. The lowest BCUT2D eigenvalue weighted by Gasteiger charge is -2.14. The van der Waals surface area contributed by atoms with Crippen molar-refractivity contribution in [3.8, 4) is 5.75 Å². The van der Waals surface area contributed by atoms with Gasteiger partial charge in [-0.05, 0) is 36.5 Å². The summed E-state index contributed by atoms with van der Waals surface area (Å²) in [6.45, 7) is 5.96. The second-order valence-electron chi connectivity index (χ2n) is 5.23. The maximum atomic E-state index is 5.70. The number of anilines is 1. The first kappa shape index (κ1) is 15.4. The molecular formula is C18H24N2O. The molecule has 1 N–H and O–H groups in total. The van der Waals surface area contributed by atoms with E-state index < -0.39 is 0 Å². The van der Waals surface area contributed by atoms with Crippen LogP contribution in [0.2, 0.25) is 0 Å². The highest BCUT2D eigenvalue weighted by molar-refractivity contribution is 5.49. The number of pyridine rings is 1. The molecule has 0 fully saturated rings. The van der Waals surface area contributed by atoms with Crippen molar-refractivity contribution in [1.29, 1.82) is 0 Å². The number of nitrogens with one attached hydrogen (secondary N) is 1. The van der Waals surface area contributed by atoms with Crippen LogP contribution >= 0.6 is 0 Å². The van der Waals surface area contributed by atoms with E-state index >= 15 is 0 Å². The maximum Gasteiger partial charge on any atom is 0.168 e. The number of ether oxygens (including phenoxy) is 1. The molecule has 21 heavy (non-hydrogen) atoms. The molecule has 1 heterocycles. The second-order valence-corrected chi connectivity index (χ2v) is 5.23. The van der Waals surface area contributed by atoms with Gasteiger partial charge in [0.05, 0.1) is 6.61 Å². The molecule has 112 valence electrons. The predicted molar refractivity (Wildman–Crippen MR) is 88.0 cm³/mol. The molecule has 0 aliphatic rings. The predicted octanol–water partition coefficient (Wildman–Crippen LogP) is 4.48. The Bertz CT molecular complexity index is 528. The lowest BCUT2D eigenvalue weighted by molar-refractivity contribution is 0.318. The molecule has 0 spiro atoms. The summed E-state index contributed by atoms with van der Waals surface area (Å²) in [5, 5.41) is 3.39. The fraction of sp³-hybridized carbons (Fsp3) is 0.389. The molecule has 2 aromatic rings. The molecule has 1 aromatic carbocycles. The Balaban J connectivity index is 1.86. The molecule has 0 amide bonds. The van der Waals surface area contributed by atoms with E-state index in [0.717, 1.165) is 37.6 Å². The molecule has 3 heteroatoms. The zero-order valence-electron chi connectivity index (χ0n) is 12.9. The Morgan fingerprint density at radius 2 is 1.95 bits per heavy atom. The Labute approximate surface area is 127 Å². The third kappa shape index (κ3) is 4.78.